The SMILES string of the molecule is COC(=O)CS.[Cl-].[NH4+]. The fourth-order valence-corrected chi connectivity index (χ4v) is 0.194. The quantitative estimate of drug-likeness (QED) is 0.328. The molecule has 0 saturated heterocycles. The highest BCUT2D eigenvalue weighted by atomic mass is 35.5. The molecule has 0 spiro atoms. The molecule has 0 aliphatic rings. The lowest BCUT2D eigenvalue weighted by atomic mass is 10.8. The number of hydrogen-bond donors (Lipinski definition) is 2. The van der Waals surface area contributed by atoms with Gasteiger partial charge >= 0.3 is 5.97 Å². The van der Waals surface area contributed by atoms with Gasteiger partial charge in [0.15, 0.2) is 0 Å². The van der Waals surface area contributed by atoms with Gasteiger partial charge in [0.2, 0.25) is 0 Å². The first kappa shape index (κ1) is 15.7. The van der Waals surface area contributed by atoms with Crippen LogP contribution >= 0.6 is 12.6 Å². The number of ether oxygens (including phenoxy) is 1. The zero-order chi connectivity index (χ0) is 4.99. The van der Waals surface area contributed by atoms with Crippen molar-refractivity contribution in [1.29, 1.82) is 0 Å². The Kier molecular flexibility index (Phi) is 19.9. The Balaban J connectivity index is -0.000000125. The second-order valence-corrected chi connectivity index (χ2v) is 1.05. The normalized spacial score (nSPS) is 5.75. The predicted octanol–water partition coefficient (Wildman–Crippen LogP) is -2.53. The molecule has 8 heavy (non-hydrogen) atoms. The minimum atomic E-state index is -0.293. The smallest absolute Gasteiger partial charge is 0.315 e. The highest BCUT2D eigenvalue weighted by Crippen LogP contribution is 1.74. The van der Waals surface area contributed by atoms with E-state index < -0.39 is 0 Å². The Hall–Kier alpha value is 0.0700. The van der Waals surface area contributed by atoms with Crippen molar-refractivity contribution in [3.63, 3.8) is 0 Å². The summed E-state index contributed by atoms with van der Waals surface area (Å²) in [6.45, 7) is 0. The lowest BCUT2D eigenvalue weighted by Crippen LogP contribution is -3.00. The molecular weight excluding hydrogens is 150 g/mol. The first-order chi connectivity index (χ1) is 2.81. The molecule has 52 valence electrons. The summed E-state index contributed by atoms with van der Waals surface area (Å²) in [6.07, 6.45) is 0. The first-order valence-corrected chi connectivity index (χ1v) is 2.12. The Morgan fingerprint density at radius 3 is 2.12 bits per heavy atom. The van der Waals surface area contributed by atoms with Crippen LogP contribution in [0.4, 0.5) is 0 Å². The molecule has 3 nitrogen and oxygen atoms in total. The van der Waals surface area contributed by atoms with Crippen LogP contribution < -0.4 is 18.6 Å². The highest BCUT2D eigenvalue weighted by molar-refractivity contribution is 7.81. The van der Waals surface area contributed by atoms with Crippen LogP contribution in [0.15, 0.2) is 0 Å². The van der Waals surface area contributed by atoms with Gasteiger partial charge in [-0.1, -0.05) is 0 Å². The molecule has 0 saturated carbocycles. The second-order valence-electron chi connectivity index (χ2n) is 0.734. The molecule has 4 N–H and O–H groups in total. The largest absolute Gasteiger partial charge is 1.00 e. The van der Waals surface area contributed by atoms with E-state index in [1.54, 1.807) is 0 Å². The van der Waals surface area contributed by atoms with E-state index in [4.69, 9.17) is 0 Å². The van der Waals surface area contributed by atoms with Crippen LogP contribution in [-0.2, 0) is 9.53 Å². The number of hydrogen-bond acceptors (Lipinski definition) is 3. The molecule has 0 bridgehead atoms. The van der Waals surface area contributed by atoms with Gasteiger partial charge in [0, 0.05) is 0 Å². The van der Waals surface area contributed by atoms with Crippen molar-refractivity contribution in [2.24, 2.45) is 0 Å². The van der Waals surface area contributed by atoms with Crippen molar-refractivity contribution in [3.8, 4) is 0 Å². The molecule has 0 rings (SSSR count). The van der Waals surface area contributed by atoms with Crippen molar-refractivity contribution in [3.05, 3.63) is 0 Å². The third kappa shape index (κ3) is 9.42. The summed E-state index contributed by atoms with van der Waals surface area (Å²) < 4.78 is 4.18. The number of carbonyl (C=O) groups is 1. The molecule has 0 amide bonds. The van der Waals surface area contributed by atoms with Gasteiger partial charge in [-0.25, -0.2) is 0 Å². The Morgan fingerprint density at radius 1 is 1.75 bits per heavy atom. The van der Waals surface area contributed by atoms with E-state index in [1.807, 2.05) is 0 Å². The summed E-state index contributed by atoms with van der Waals surface area (Å²) in [5.41, 5.74) is 0. The molecule has 0 radical (unpaired) electrons. The molecule has 0 aromatic carbocycles. The van der Waals surface area contributed by atoms with Crippen LogP contribution in [0.25, 0.3) is 0 Å². The van der Waals surface area contributed by atoms with Crippen LogP contribution in [0, 0.1) is 0 Å². The molecule has 0 aromatic heterocycles. The average Bonchev–Trinajstić information content (AvgIpc) is 1.65. The minimum absolute atomic E-state index is 0. The lowest BCUT2D eigenvalue weighted by molar-refractivity contribution is -0.137. The molecule has 0 atom stereocenters. The zero-order valence-corrected chi connectivity index (χ0v) is 6.50. The summed E-state index contributed by atoms with van der Waals surface area (Å²) in [4.78, 5) is 9.88. The standard InChI is InChI=1S/C3H6O2S.ClH.H3N/c1-5-3(4)2-6;;/h6H,2H2,1H3;1H;1H3. The molecule has 5 heteroatoms. The molecule has 0 heterocycles. The maximum atomic E-state index is 9.88. The van der Waals surface area contributed by atoms with Crippen molar-refractivity contribution >= 4 is 18.6 Å². The summed E-state index contributed by atoms with van der Waals surface area (Å²) in [5, 5.41) is 0. The van der Waals surface area contributed by atoms with E-state index in [1.165, 1.54) is 7.11 Å². The zero-order valence-electron chi connectivity index (χ0n) is 4.85. The van der Waals surface area contributed by atoms with Gasteiger partial charge in [0.1, 0.15) is 0 Å². The number of rotatable bonds is 1. The molecular formula is C3H10ClNO2S. The van der Waals surface area contributed by atoms with Crippen molar-refractivity contribution in [2.75, 3.05) is 12.9 Å². The van der Waals surface area contributed by atoms with Crippen LogP contribution in [0.5, 0.6) is 0 Å². The lowest BCUT2D eigenvalue weighted by Gasteiger charge is -1.86. The van der Waals surface area contributed by atoms with Crippen molar-refractivity contribution in [1.82, 2.24) is 6.15 Å². The third-order valence-electron chi connectivity index (χ3n) is 0.357. The monoisotopic (exact) mass is 159 g/mol. The van der Waals surface area contributed by atoms with E-state index in [0.29, 0.717) is 0 Å². The maximum absolute atomic E-state index is 9.88. The van der Waals surface area contributed by atoms with E-state index in [-0.39, 0.29) is 30.3 Å². The fraction of sp³-hybridized carbons (Fsp3) is 0.667. The van der Waals surface area contributed by atoms with Gasteiger partial charge in [0.25, 0.3) is 0 Å². The number of thiol groups is 1. The highest BCUT2D eigenvalue weighted by Gasteiger charge is 1.88. The fourth-order valence-electron chi connectivity index (χ4n) is 0.0645. The summed E-state index contributed by atoms with van der Waals surface area (Å²) in [5.74, 6) is -0.130. The topological polar surface area (TPSA) is 62.8 Å². The number of carbonyl (C=O) groups excluding carboxylic acids is 1. The molecule has 0 aliphatic heterocycles. The van der Waals surface area contributed by atoms with Crippen LogP contribution in [0.1, 0.15) is 0 Å². The van der Waals surface area contributed by atoms with E-state index >= 15 is 0 Å². The van der Waals surface area contributed by atoms with E-state index in [2.05, 4.69) is 17.4 Å². The van der Waals surface area contributed by atoms with Gasteiger partial charge in [-0.2, -0.15) is 12.6 Å². The van der Waals surface area contributed by atoms with Crippen molar-refractivity contribution in [2.45, 2.75) is 0 Å². The number of quaternary nitrogens is 1. The van der Waals surface area contributed by atoms with Crippen molar-refractivity contribution < 1.29 is 21.9 Å². The molecule has 0 fully saturated rings. The molecule has 0 aliphatic carbocycles. The van der Waals surface area contributed by atoms with Crippen LogP contribution in [0.3, 0.4) is 0 Å². The number of halogens is 1. The summed E-state index contributed by atoms with van der Waals surface area (Å²) in [6, 6.07) is 0. The third-order valence-corrected chi connectivity index (χ3v) is 0.615. The molecule has 0 unspecified atom stereocenters. The van der Waals surface area contributed by atoms with Gasteiger partial charge in [0.05, 0.1) is 12.9 Å². The van der Waals surface area contributed by atoms with E-state index in [9.17, 15) is 4.79 Å². The number of methoxy groups -OCH3 is 1. The van der Waals surface area contributed by atoms with Gasteiger partial charge in [-0.05, 0) is 0 Å². The summed E-state index contributed by atoms with van der Waals surface area (Å²) >= 11 is 3.62. The maximum Gasteiger partial charge on any atom is 0.315 e. The van der Waals surface area contributed by atoms with Crippen LogP contribution in [0.2, 0.25) is 0 Å². The minimum Gasteiger partial charge on any atom is -1.00 e. The predicted molar refractivity (Wildman–Crippen MR) is 31.9 cm³/mol. The Morgan fingerprint density at radius 2 is 2.12 bits per heavy atom. The van der Waals surface area contributed by atoms with E-state index in [0.717, 1.165) is 0 Å². The second kappa shape index (κ2) is 10.1. The van der Waals surface area contributed by atoms with Crippen LogP contribution in [-0.4, -0.2) is 18.8 Å². The Labute approximate surface area is 60.2 Å². The van der Waals surface area contributed by atoms with Gasteiger partial charge in [-0.15, -0.1) is 0 Å². The summed E-state index contributed by atoms with van der Waals surface area (Å²) in [7, 11) is 1.33. The Bertz CT molecular complexity index is 55.2. The first-order valence-electron chi connectivity index (χ1n) is 1.49. The average molecular weight is 160 g/mol. The van der Waals surface area contributed by atoms with Gasteiger partial charge < -0.3 is 23.3 Å². The number of esters is 1. The molecule has 0 aromatic rings. The van der Waals surface area contributed by atoms with Gasteiger partial charge in [-0.3, -0.25) is 4.79 Å².